The number of hydrogen-bond donors (Lipinski definition) is 2. The van der Waals surface area contributed by atoms with E-state index in [1.807, 2.05) is 43.5 Å². The second-order valence-corrected chi connectivity index (χ2v) is 7.89. The third kappa shape index (κ3) is 3.81. The topological polar surface area (TPSA) is 124 Å². The van der Waals surface area contributed by atoms with Gasteiger partial charge in [-0.2, -0.15) is 9.67 Å². The van der Waals surface area contributed by atoms with E-state index < -0.39 is 0 Å². The minimum Gasteiger partial charge on any atom is -0.369 e. The van der Waals surface area contributed by atoms with Crippen LogP contribution in [0.3, 0.4) is 0 Å². The highest BCUT2D eigenvalue weighted by Gasteiger charge is 2.28. The maximum atomic E-state index is 11.4. The number of amides is 1. The predicted octanol–water partition coefficient (Wildman–Crippen LogP) is 2.65. The van der Waals surface area contributed by atoms with E-state index in [1.54, 1.807) is 10.9 Å². The van der Waals surface area contributed by atoms with Crippen molar-refractivity contribution in [2.45, 2.75) is 32.2 Å². The number of fused-ring (bicyclic) bond motifs is 1. The molecule has 3 N–H and O–H groups in total. The smallest absolute Gasteiger partial charge is 0.225 e. The molecular formula is C22H22N8O. The molecule has 2 unspecified atom stereocenters. The number of anilines is 1. The standard InChI is InChI=1S/C22H22N8O/c1-13-2-3-16(11-24-13)14-5-8-18(9-6-14)30-21-19(28-29-30)12-25-22(27-21)26-17-7-4-15(10-17)20(23)31/h2-3,5-6,8-9,11-12,15,17H,4,7,10H2,1H3,(H2,23,31)(H,25,26,27). The van der Waals surface area contributed by atoms with Crippen LogP contribution >= 0.6 is 0 Å². The van der Waals surface area contributed by atoms with Gasteiger partial charge in [-0.1, -0.05) is 23.4 Å². The molecule has 1 saturated carbocycles. The zero-order valence-corrected chi connectivity index (χ0v) is 17.1. The van der Waals surface area contributed by atoms with Gasteiger partial charge in [0.2, 0.25) is 11.9 Å². The Balaban J connectivity index is 1.39. The minimum atomic E-state index is -0.243. The molecule has 1 aromatic carbocycles. The molecule has 0 bridgehead atoms. The molecule has 1 aliphatic carbocycles. The summed E-state index contributed by atoms with van der Waals surface area (Å²) in [5.74, 6) is 0.164. The molecular weight excluding hydrogens is 392 g/mol. The highest BCUT2D eigenvalue weighted by molar-refractivity contribution is 5.77. The van der Waals surface area contributed by atoms with Crippen molar-refractivity contribution in [1.29, 1.82) is 0 Å². The van der Waals surface area contributed by atoms with Gasteiger partial charge in [-0.25, -0.2) is 4.98 Å². The maximum absolute atomic E-state index is 11.4. The van der Waals surface area contributed by atoms with Gasteiger partial charge in [0, 0.05) is 29.4 Å². The summed E-state index contributed by atoms with van der Waals surface area (Å²) in [4.78, 5) is 24.7. The Labute approximate surface area is 178 Å². The summed E-state index contributed by atoms with van der Waals surface area (Å²) in [6, 6.07) is 12.2. The number of nitrogens with one attached hydrogen (secondary N) is 1. The summed E-state index contributed by atoms with van der Waals surface area (Å²) in [6.07, 6.45) is 5.87. The summed E-state index contributed by atoms with van der Waals surface area (Å²) in [5.41, 5.74) is 10.6. The highest BCUT2D eigenvalue weighted by atomic mass is 16.1. The van der Waals surface area contributed by atoms with Crippen LogP contribution in [-0.4, -0.2) is 41.9 Å². The van der Waals surface area contributed by atoms with Gasteiger partial charge in [0.25, 0.3) is 0 Å². The first kappa shape index (κ1) is 19.1. The van der Waals surface area contributed by atoms with Crippen molar-refractivity contribution in [2.24, 2.45) is 11.7 Å². The van der Waals surface area contributed by atoms with Crippen LogP contribution in [0.4, 0.5) is 5.95 Å². The molecule has 1 aliphatic rings. The number of aromatic nitrogens is 6. The highest BCUT2D eigenvalue weighted by Crippen LogP contribution is 2.27. The van der Waals surface area contributed by atoms with Crippen molar-refractivity contribution < 1.29 is 4.79 Å². The Morgan fingerprint density at radius 1 is 1.06 bits per heavy atom. The van der Waals surface area contributed by atoms with Crippen molar-refractivity contribution in [3.05, 3.63) is 54.5 Å². The van der Waals surface area contributed by atoms with E-state index >= 15 is 0 Å². The molecule has 0 saturated heterocycles. The van der Waals surface area contributed by atoms with E-state index in [1.165, 1.54) is 0 Å². The fourth-order valence-electron chi connectivity index (χ4n) is 3.96. The number of primary amides is 1. The van der Waals surface area contributed by atoms with Crippen LogP contribution < -0.4 is 11.1 Å². The van der Waals surface area contributed by atoms with E-state index in [0.717, 1.165) is 35.3 Å². The van der Waals surface area contributed by atoms with E-state index in [2.05, 4.69) is 36.6 Å². The Morgan fingerprint density at radius 3 is 2.58 bits per heavy atom. The minimum absolute atomic E-state index is 0.0873. The van der Waals surface area contributed by atoms with Crippen molar-refractivity contribution >= 4 is 23.0 Å². The molecule has 0 radical (unpaired) electrons. The molecule has 31 heavy (non-hydrogen) atoms. The third-order valence-corrected chi connectivity index (χ3v) is 5.72. The molecule has 1 amide bonds. The van der Waals surface area contributed by atoms with Gasteiger partial charge < -0.3 is 11.1 Å². The lowest BCUT2D eigenvalue weighted by Crippen LogP contribution is -2.23. The number of hydrogen-bond acceptors (Lipinski definition) is 7. The van der Waals surface area contributed by atoms with Crippen LogP contribution in [0.15, 0.2) is 48.8 Å². The van der Waals surface area contributed by atoms with Crippen LogP contribution in [0, 0.1) is 12.8 Å². The summed E-state index contributed by atoms with van der Waals surface area (Å²) in [5, 5.41) is 11.7. The van der Waals surface area contributed by atoms with Crippen molar-refractivity contribution in [3.63, 3.8) is 0 Å². The first-order chi connectivity index (χ1) is 15.1. The van der Waals surface area contributed by atoms with Gasteiger partial charge >= 0.3 is 0 Å². The summed E-state index contributed by atoms with van der Waals surface area (Å²) in [6.45, 7) is 1.97. The quantitative estimate of drug-likeness (QED) is 0.514. The van der Waals surface area contributed by atoms with E-state index in [4.69, 9.17) is 5.73 Å². The van der Waals surface area contributed by atoms with Crippen LogP contribution in [-0.2, 0) is 4.79 Å². The summed E-state index contributed by atoms with van der Waals surface area (Å²) >= 11 is 0. The maximum Gasteiger partial charge on any atom is 0.225 e. The van der Waals surface area contributed by atoms with Gasteiger partial charge in [0.1, 0.15) is 0 Å². The number of nitrogens with two attached hydrogens (primary N) is 1. The van der Waals surface area contributed by atoms with Crippen LogP contribution in [0.1, 0.15) is 25.0 Å². The fraction of sp³-hybridized carbons (Fsp3) is 0.273. The Morgan fingerprint density at radius 2 is 1.87 bits per heavy atom. The van der Waals surface area contributed by atoms with Crippen LogP contribution in [0.2, 0.25) is 0 Å². The molecule has 0 aliphatic heterocycles. The number of rotatable bonds is 5. The number of carbonyl (C=O) groups excluding carboxylic acids is 1. The molecule has 1 fully saturated rings. The Hall–Kier alpha value is -3.88. The molecule has 9 nitrogen and oxygen atoms in total. The molecule has 156 valence electrons. The molecule has 3 heterocycles. The lowest BCUT2D eigenvalue weighted by atomic mass is 10.1. The number of aryl methyl sites for hydroxylation is 1. The zero-order chi connectivity index (χ0) is 21.4. The molecule has 9 heteroatoms. The zero-order valence-electron chi connectivity index (χ0n) is 17.1. The average Bonchev–Trinajstić information content (AvgIpc) is 3.42. The van der Waals surface area contributed by atoms with Gasteiger partial charge in [0.05, 0.1) is 11.9 Å². The van der Waals surface area contributed by atoms with Crippen LogP contribution in [0.25, 0.3) is 28.0 Å². The fourth-order valence-corrected chi connectivity index (χ4v) is 3.96. The molecule has 5 rings (SSSR count). The van der Waals surface area contributed by atoms with Gasteiger partial charge in [-0.15, -0.1) is 5.10 Å². The molecule has 3 aromatic heterocycles. The van der Waals surface area contributed by atoms with E-state index in [9.17, 15) is 4.79 Å². The average molecular weight is 414 g/mol. The Bertz CT molecular complexity index is 1230. The van der Waals surface area contributed by atoms with Crippen molar-refractivity contribution in [2.75, 3.05) is 5.32 Å². The SMILES string of the molecule is Cc1ccc(-c2ccc(-n3nnc4cnc(NC5CCC(C(N)=O)C5)nc43)cc2)cn1. The second-order valence-electron chi connectivity index (χ2n) is 7.89. The first-order valence-electron chi connectivity index (χ1n) is 10.2. The molecule has 2 atom stereocenters. The number of carbonyl (C=O) groups is 1. The lowest BCUT2D eigenvalue weighted by molar-refractivity contribution is -0.121. The normalized spacial score (nSPS) is 18.4. The third-order valence-electron chi connectivity index (χ3n) is 5.72. The summed E-state index contributed by atoms with van der Waals surface area (Å²) in [7, 11) is 0. The van der Waals surface area contributed by atoms with Gasteiger partial charge in [-0.05, 0) is 49.9 Å². The number of nitrogens with zero attached hydrogens (tertiary/aromatic N) is 6. The predicted molar refractivity (Wildman–Crippen MR) is 116 cm³/mol. The number of pyridine rings is 1. The van der Waals surface area contributed by atoms with Gasteiger partial charge in [0.15, 0.2) is 11.2 Å². The largest absolute Gasteiger partial charge is 0.369 e. The van der Waals surface area contributed by atoms with Gasteiger partial charge in [-0.3, -0.25) is 9.78 Å². The van der Waals surface area contributed by atoms with Crippen molar-refractivity contribution in [1.82, 2.24) is 29.9 Å². The second kappa shape index (κ2) is 7.75. The lowest BCUT2D eigenvalue weighted by Gasteiger charge is -2.12. The van der Waals surface area contributed by atoms with E-state index in [-0.39, 0.29) is 17.9 Å². The molecule has 0 spiro atoms. The Kier molecular flexibility index (Phi) is 4.78. The van der Waals surface area contributed by atoms with E-state index in [0.29, 0.717) is 23.5 Å². The molecule has 4 aromatic rings. The van der Waals surface area contributed by atoms with Crippen molar-refractivity contribution in [3.8, 4) is 16.8 Å². The first-order valence-corrected chi connectivity index (χ1v) is 10.2. The van der Waals surface area contributed by atoms with Crippen LogP contribution in [0.5, 0.6) is 0 Å². The monoisotopic (exact) mass is 414 g/mol. The number of benzene rings is 1. The summed E-state index contributed by atoms with van der Waals surface area (Å²) < 4.78 is 1.69.